The fraction of sp³-hybridized carbons (Fsp3) is 0.333. The van der Waals surface area contributed by atoms with Crippen molar-refractivity contribution in [3.05, 3.63) is 39.2 Å². The molecule has 0 unspecified atom stereocenters. The molecule has 1 aromatic rings. The van der Waals surface area contributed by atoms with Crippen molar-refractivity contribution >= 4 is 56.2 Å². The molecule has 0 N–H and O–H groups in total. The summed E-state index contributed by atoms with van der Waals surface area (Å²) in [6.07, 6.45) is 4.08. The van der Waals surface area contributed by atoms with Crippen molar-refractivity contribution in [2.24, 2.45) is 0 Å². The summed E-state index contributed by atoms with van der Waals surface area (Å²) in [7, 11) is 0. The van der Waals surface area contributed by atoms with Gasteiger partial charge in [0.15, 0.2) is 0 Å². The molecule has 1 aromatic carbocycles. The van der Waals surface area contributed by atoms with Crippen molar-refractivity contribution in [3.8, 4) is 0 Å². The molecule has 3 rings (SSSR count). The molecule has 2 fully saturated rings. The highest BCUT2D eigenvalue weighted by molar-refractivity contribution is 9.10. The van der Waals surface area contributed by atoms with Gasteiger partial charge in [-0.25, -0.2) is 0 Å². The molecule has 6 heteroatoms. The SMILES string of the molecule is O=C1/C(=C/c2ccc(Br)cc2)SC(=S)N1C[C@H]1CCCO1. The third kappa shape index (κ3) is 3.56. The van der Waals surface area contributed by atoms with Crippen molar-refractivity contribution < 1.29 is 9.53 Å². The number of carbonyl (C=O) groups excluding carboxylic acids is 1. The highest BCUT2D eigenvalue weighted by atomic mass is 79.9. The first-order valence-corrected chi connectivity index (χ1v) is 8.78. The van der Waals surface area contributed by atoms with Crippen LogP contribution in [0, 0.1) is 0 Å². The van der Waals surface area contributed by atoms with Crippen molar-refractivity contribution in [3.63, 3.8) is 0 Å². The van der Waals surface area contributed by atoms with Crippen LogP contribution in [-0.2, 0) is 9.53 Å². The van der Waals surface area contributed by atoms with Gasteiger partial charge in [0.1, 0.15) is 4.32 Å². The molecule has 0 aliphatic carbocycles. The lowest BCUT2D eigenvalue weighted by Gasteiger charge is -2.18. The van der Waals surface area contributed by atoms with Gasteiger partial charge >= 0.3 is 0 Å². The number of thiocarbonyl (C=S) groups is 1. The van der Waals surface area contributed by atoms with Gasteiger partial charge in [0.2, 0.25) is 0 Å². The van der Waals surface area contributed by atoms with Crippen LogP contribution in [0.5, 0.6) is 0 Å². The van der Waals surface area contributed by atoms with E-state index in [9.17, 15) is 4.79 Å². The monoisotopic (exact) mass is 383 g/mol. The van der Waals surface area contributed by atoms with Gasteiger partial charge in [-0.15, -0.1) is 0 Å². The Bertz CT molecular complexity index is 594. The molecular weight excluding hydrogens is 370 g/mol. The molecule has 2 aliphatic rings. The van der Waals surface area contributed by atoms with Crippen LogP contribution >= 0.6 is 39.9 Å². The van der Waals surface area contributed by atoms with Crippen LogP contribution < -0.4 is 0 Å². The first kappa shape index (κ1) is 15.2. The number of benzene rings is 1. The lowest BCUT2D eigenvalue weighted by molar-refractivity contribution is -0.123. The Morgan fingerprint density at radius 3 is 2.86 bits per heavy atom. The average Bonchev–Trinajstić information content (AvgIpc) is 3.06. The van der Waals surface area contributed by atoms with Gasteiger partial charge in [-0.2, -0.15) is 0 Å². The van der Waals surface area contributed by atoms with E-state index in [-0.39, 0.29) is 12.0 Å². The number of amides is 1. The second-order valence-corrected chi connectivity index (χ2v) is 7.57. The Hall–Kier alpha value is -0.690. The largest absolute Gasteiger partial charge is 0.376 e. The number of thioether (sulfide) groups is 1. The molecule has 0 aromatic heterocycles. The third-order valence-corrected chi connectivity index (χ3v) is 5.36. The highest BCUT2D eigenvalue weighted by Gasteiger charge is 2.34. The van der Waals surface area contributed by atoms with Crippen molar-refractivity contribution in [2.45, 2.75) is 18.9 Å². The fourth-order valence-electron chi connectivity index (χ4n) is 2.36. The fourth-order valence-corrected chi connectivity index (χ4v) is 3.90. The first-order chi connectivity index (χ1) is 10.1. The van der Waals surface area contributed by atoms with Crippen LogP contribution in [0.15, 0.2) is 33.6 Å². The topological polar surface area (TPSA) is 29.5 Å². The number of ether oxygens (including phenoxy) is 1. The third-order valence-electron chi connectivity index (χ3n) is 3.45. The minimum absolute atomic E-state index is 0.0107. The molecular formula is C15H14BrNO2S2. The molecule has 21 heavy (non-hydrogen) atoms. The Morgan fingerprint density at radius 1 is 1.43 bits per heavy atom. The highest BCUT2D eigenvalue weighted by Crippen LogP contribution is 2.33. The summed E-state index contributed by atoms with van der Waals surface area (Å²) in [4.78, 5) is 14.8. The van der Waals surface area contributed by atoms with Crippen LogP contribution in [0.3, 0.4) is 0 Å². The zero-order chi connectivity index (χ0) is 14.8. The quantitative estimate of drug-likeness (QED) is 0.585. The normalized spacial score (nSPS) is 24.3. The van der Waals surface area contributed by atoms with Gasteiger partial charge in [-0.3, -0.25) is 9.69 Å². The van der Waals surface area contributed by atoms with E-state index in [0.717, 1.165) is 29.5 Å². The van der Waals surface area contributed by atoms with E-state index in [2.05, 4.69) is 15.9 Å². The predicted molar refractivity (Wildman–Crippen MR) is 93.0 cm³/mol. The zero-order valence-corrected chi connectivity index (χ0v) is 14.5. The van der Waals surface area contributed by atoms with Crippen molar-refractivity contribution in [2.75, 3.05) is 13.2 Å². The first-order valence-electron chi connectivity index (χ1n) is 6.76. The summed E-state index contributed by atoms with van der Waals surface area (Å²) >= 11 is 10.1. The summed E-state index contributed by atoms with van der Waals surface area (Å²) in [5.41, 5.74) is 0.996. The van der Waals surface area contributed by atoms with Crippen molar-refractivity contribution in [1.29, 1.82) is 0 Å². The van der Waals surface area contributed by atoms with Gasteiger partial charge in [0, 0.05) is 11.1 Å². The van der Waals surface area contributed by atoms with Gasteiger partial charge in [0.25, 0.3) is 5.91 Å². The smallest absolute Gasteiger partial charge is 0.266 e. The Morgan fingerprint density at radius 2 is 2.19 bits per heavy atom. The Kier molecular flexibility index (Phi) is 4.78. The zero-order valence-electron chi connectivity index (χ0n) is 11.3. The molecule has 0 saturated carbocycles. The van der Waals surface area contributed by atoms with Gasteiger partial charge in [-0.1, -0.05) is 52.0 Å². The van der Waals surface area contributed by atoms with Crippen LogP contribution in [0.4, 0.5) is 0 Å². The molecule has 3 nitrogen and oxygen atoms in total. The number of hydrogen-bond donors (Lipinski definition) is 0. The van der Waals surface area contributed by atoms with Crippen LogP contribution in [0.25, 0.3) is 6.08 Å². The maximum Gasteiger partial charge on any atom is 0.266 e. The van der Waals surface area contributed by atoms with E-state index in [1.54, 1.807) is 4.90 Å². The maximum absolute atomic E-state index is 12.5. The second kappa shape index (κ2) is 6.60. The van der Waals surface area contributed by atoms with E-state index in [4.69, 9.17) is 17.0 Å². The minimum Gasteiger partial charge on any atom is -0.376 e. The number of rotatable bonds is 3. The lowest BCUT2D eigenvalue weighted by atomic mass is 10.2. The summed E-state index contributed by atoms with van der Waals surface area (Å²) in [6.45, 7) is 1.36. The molecule has 0 bridgehead atoms. The van der Waals surface area contributed by atoms with Crippen LogP contribution in [0.2, 0.25) is 0 Å². The Labute approximate surface area is 141 Å². The summed E-state index contributed by atoms with van der Waals surface area (Å²) in [6, 6.07) is 7.85. The number of hydrogen-bond acceptors (Lipinski definition) is 4. The molecule has 1 atom stereocenters. The van der Waals surface area contributed by atoms with Gasteiger partial charge in [-0.05, 0) is 36.6 Å². The Balaban J connectivity index is 1.74. The van der Waals surface area contributed by atoms with Gasteiger partial charge in [0.05, 0.1) is 17.6 Å². The van der Waals surface area contributed by atoms with E-state index >= 15 is 0 Å². The molecule has 2 saturated heterocycles. The van der Waals surface area contributed by atoms with Crippen molar-refractivity contribution in [1.82, 2.24) is 4.90 Å². The van der Waals surface area contributed by atoms with E-state index < -0.39 is 0 Å². The molecule has 2 aliphatic heterocycles. The summed E-state index contributed by atoms with van der Waals surface area (Å²) in [5, 5.41) is 0. The summed E-state index contributed by atoms with van der Waals surface area (Å²) < 4.78 is 7.23. The van der Waals surface area contributed by atoms with E-state index in [0.29, 0.717) is 15.8 Å². The molecule has 2 heterocycles. The minimum atomic E-state index is -0.0107. The maximum atomic E-state index is 12.5. The van der Waals surface area contributed by atoms with Crippen LogP contribution in [0.1, 0.15) is 18.4 Å². The summed E-state index contributed by atoms with van der Waals surface area (Å²) in [5.74, 6) is -0.0107. The second-order valence-electron chi connectivity index (χ2n) is 4.98. The number of carbonyl (C=O) groups is 1. The van der Waals surface area contributed by atoms with Crippen LogP contribution in [-0.4, -0.2) is 34.4 Å². The van der Waals surface area contributed by atoms with Gasteiger partial charge < -0.3 is 4.74 Å². The number of nitrogens with zero attached hydrogens (tertiary/aromatic N) is 1. The number of halogens is 1. The molecule has 110 valence electrons. The molecule has 0 radical (unpaired) electrons. The lowest BCUT2D eigenvalue weighted by Crippen LogP contribution is -2.35. The molecule has 1 amide bonds. The average molecular weight is 384 g/mol. The van der Waals surface area contributed by atoms with E-state index in [1.165, 1.54) is 11.8 Å². The van der Waals surface area contributed by atoms with E-state index in [1.807, 2.05) is 30.3 Å². The molecule has 0 spiro atoms. The standard InChI is InChI=1S/C15H14BrNO2S2/c16-11-5-3-10(4-6-11)8-13-14(18)17(15(20)21-13)9-12-2-1-7-19-12/h3-6,8,12H,1-2,7,9H2/b13-8-/t12-/m1/s1. The predicted octanol–water partition coefficient (Wildman–Crippen LogP) is 3.83.